The first-order valence-electron chi connectivity index (χ1n) is 5.96. The maximum Gasteiger partial charge on any atom is -0.0351 e. The van der Waals surface area contributed by atoms with Gasteiger partial charge >= 0.3 is 0 Å². The van der Waals surface area contributed by atoms with E-state index < -0.39 is 0 Å². The van der Waals surface area contributed by atoms with Gasteiger partial charge in [-0.1, -0.05) is 41.0 Å². The van der Waals surface area contributed by atoms with Crippen LogP contribution in [-0.2, 0) is 0 Å². The number of rotatable bonds is 2. The minimum Gasteiger partial charge on any atom is -0.0651 e. The van der Waals surface area contributed by atoms with E-state index in [4.69, 9.17) is 0 Å². The topological polar surface area (TPSA) is 0 Å². The molecule has 78 valence electrons. The summed E-state index contributed by atoms with van der Waals surface area (Å²) in [5, 5.41) is 0. The van der Waals surface area contributed by atoms with E-state index in [1.54, 1.807) is 0 Å². The summed E-state index contributed by atoms with van der Waals surface area (Å²) in [6, 6.07) is 0. The summed E-state index contributed by atoms with van der Waals surface area (Å²) in [4.78, 5) is 0. The molecule has 0 spiro atoms. The fourth-order valence-electron chi connectivity index (χ4n) is 3.12. The molecule has 3 atom stereocenters. The third kappa shape index (κ3) is 2.72. The largest absolute Gasteiger partial charge is 0.0651 e. The molecule has 0 heteroatoms. The first-order valence-corrected chi connectivity index (χ1v) is 5.96. The van der Waals surface area contributed by atoms with Gasteiger partial charge in [0.2, 0.25) is 0 Å². The van der Waals surface area contributed by atoms with Crippen LogP contribution in [0, 0.1) is 23.2 Å². The van der Waals surface area contributed by atoms with Gasteiger partial charge in [0.1, 0.15) is 0 Å². The van der Waals surface area contributed by atoms with Crippen molar-refractivity contribution in [1.29, 1.82) is 0 Å². The van der Waals surface area contributed by atoms with Crippen LogP contribution in [0.2, 0.25) is 0 Å². The second-order valence-electron chi connectivity index (χ2n) is 5.93. The van der Waals surface area contributed by atoms with E-state index in [0.717, 1.165) is 17.8 Å². The molecule has 13 heavy (non-hydrogen) atoms. The molecule has 0 aliphatic heterocycles. The van der Waals surface area contributed by atoms with E-state index in [2.05, 4.69) is 34.6 Å². The standard InChI is InChI=1S/C13H26/c1-6-10(2)12-7-8-13(4,5)9-11(12)3/h10-12H,6-9H2,1-5H3. The van der Waals surface area contributed by atoms with Crippen molar-refractivity contribution in [2.75, 3.05) is 0 Å². The van der Waals surface area contributed by atoms with Crippen molar-refractivity contribution in [2.45, 2.75) is 60.3 Å². The Morgan fingerprint density at radius 1 is 1.38 bits per heavy atom. The fourth-order valence-corrected chi connectivity index (χ4v) is 3.12. The predicted octanol–water partition coefficient (Wildman–Crippen LogP) is 4.49. The molecule has 0 nitrogen and oxygen atoms in total. The highest BCUT2D eigenvalue weighted by atomic mass is 14.4. The van der Waals surface area contributed by atoms with Gasteiger partial charge in [-0.3, -0.25) is 0 Å². The van der Waals surface area contributed by atoms with Crippen LogP contribution in [0.25, 0.3) is 0 Å². The zero-order valence-corrected chi connectivity index (χ0v) is 10.1. The molecule has 1 rings (SSSR count). The lowest BCUT2D eigenvalue weighted by atomic mass is 9.64. The summed E-state index contributed by atoms with van der Waals surface area (Å²) in [6.45, 7) is 12.1. The highest BCUT2D eigenvalue weighted by Crippen LogP contribution is 2.44. The number of hydrogen-bond acceptors (Lipinski definition) is 0. The molecule has 0 heterocycles. The second kappa shape index (κ2) is 4.02. The third-order valence-electron chi connectivity index (χ3n) is 4.13. The molecule has 3 unspecified atom stereocenters. The highest BCUT2D eigenvalue weighted by molar-refractivity contribution is 4.84. The summed E-state index contributed by atoms with van der Waals surface area (Å²) in [5.41, 5.74) is 0.614. The summed E-state index contributed by atoms with van der Waals surface area (Å²) in [5.74, 6) is 2.88. The van der Waals surface area contributed by atoms with E-state index in [1.807, 2.05) is 0 Å². The Balaban J connectivity index is 2.53. The Morgan fingerprint density at radius 2 is 2.00 bits per heavy atom. The lowest BCUT2D eigenvalue weighted by molar-refractivity contribution is 0.0925. The second-order valence-corrected chi connectivity index (χ2v) is 5.93. The summed E-state index contributed by atoms with van der Waals surface area (Å²) >= 11 is 0. The van der Waals surface area contributed by atoms with Crippen LogP contribution in [0.5, 0.6) is 0 Å². The molecular weight excluding hydrogens is 156 g/mol. The van der Waals surface area contributed by atoms with Crippen molar-refractivity contribution in [3.63, 3.8) is 0 Å². The summed E-state index contributed by atoms with van der Waals surface area (Å²) < 4.78 is 0. The minimum absolute atomic E-state index is 0.614. The van der Waals surface area contributed by atoms with Crippen LogP contribution in [0.1, 0.15) is 60.3 Å². The lowest BCUT2D eigenvalue weighted by Gasteiger charge is -2.41. The van der Waals surface area contributed by atoms with Gasteiger partial charge in [-0.05, 0) is 42.4 Å². The van der Waals surface area contributed by atoms with Crippen LogP contribution in [0.3, 0.4) is 0 Å². The normalized spacial score (nSPS) is 35.8. The van der Waals surface area contributed by atoms with Crippen LogP contribution in [0.15, 0.2) is 0 Å². The average molecular weight is 182 g/mol. The van der Waals surface area contributed by atoms with Crippen molar-refractivity contribution in [1.82, 2.24) is 0 Å². The Labute approximate surface area is 84.1 Å². The van der Waals surface area contributed by atoms with Gasteiger partial charge in [0.05, 0.1) is 0 Å². The molecule has 0 amide bonds. The van der Waals surface area contributed by atoms with Gasteiger partial charge in [-0.15, -0.1) is 0 Å². The summed E-state index contributed by atoms with van der Waals surface area (Å²) in [6.07, 6.45) is 5.69. The molecule has 0 bridgehead atoms. The molecule has 0 aromatic carbocycles. The molecule has 0 aromatic heterocycles. The van der Waals surface area contributed by atoms with Crippen LogP contribution < -0.4 is 0 Å². The lowest BCUT2D eigenvalue weighted by Crippen LogP contribution is -2.31. The van der Waals surface area contributed by atoms with Crippen LogP contribution in [-0.4, -0.2) is 0 Å². The van der Waals surface area contributed by atoms with E-state index in [9.17, 15) is 0 Å². The van der Waals surface area contributed by atoms with Crippen LogP contribution >= 0.6 is 0 Å². The summed E-state index contributed by atoms with van der Waals surface area (Å²) in [7, 11) is 0. The van der Waals surface area contributed by atoms with Gasteiger partial charge in [0.25, 0.3) is 0 Å². The van der Waals surface area contributed by atoms with Gasteiger partial charge in [-0.2, -0.15) is 0 Å². The maximum atomic E-state index is 2.46. The zero-order chi connectivity index (χ0) is 10.1. The van der Waals surface area contributed by atoms with Crippen molar-refractivity contribution < 1.29 is 0 Å². The minimum atomic E-state index is 0.614. The Bertz CT molecular complexity index is 157. The smallest absolute Gasteiger partial charge is 0.0351 e. The maximum absolute atomic E-state index is 2.46. The Hall–Kier alpha value is 0. The molecule has 0 saturated heterocycles. The van der Waals surface area contributed by atoms with Crippen molar-refractivity contribution in [3.8, 4) is 0 Å². The number of hydrogen-bond donors (Lipinski definition) is 0. The molecule has 0 aromatic rings. The quantitative estimate of drug-likeness (QED) is 0.590. The molecule has 0 radical (unpaired) electrons. The van der Waals surface area contributed by atoms with Gasteiger partial charge in [0, 0.05) is 0 Å². The van der Waals surface area contributed by atoms with Gasteiger partial charge < -0.3 is 0 Å². The first-order chi connectivity index (χ1) is 5.96. The molecule has 1 aliphatic carbocycles. The predicted molar refractivity (Wildman–Crippen MR) is 59.7 cm³/mol. The Kier molecular flexibility index (Phi) is 3.43. The zero-order valence-electron chi connectivity index (χ0n) is 10.1. The van der Waals surface area contributed by atoms with E-state index in [1.165, 1.54) is 25.7 Å². The van der Waals surface area contributed by atoms with Crippen LogP contribution in [0.4, 0.5) is 0 Å². The SMILES string of the molecule is CCC(C)C1CCC(C)(C)CC1C. The van der Waals surface area contributed by atoms with Gasteiger partial charge in [-0.25, -0.2) is 0 Å². The third-order valence-corrected chi connectivity index (χ3v) is 4.13. The van der Waals surface area contributed by atoms with E-state index in [0.29, 0.717) is 5.41 Å². The fraction of sp³-hybridized carbons (Fsp3) is 1.00. The van der Waals surface area contributed by atoms with Crippen molar-refractivity contribution >= 4 is 0 Å². The van der Waals surface area contributed by atoms with Crippen molar-refractivity contribution in [2.24, 2.45) is 23.2 Å². The first kappa shape index (κ1) is 11.1. The molecule has 1 aliphatic rings. The van der Waals surface area contributed by atoms with Gasteiger partial charge in [0.15, 0.2) is 0 Å². The average Bonchev–Trinajstić information content (AvgIpc) is 2.01. The van der Waals surface area contributed by atoms with Crippen molar-refractivity contribution in [3.05, 3.63) is 0 Å². The molecular formula is C13H26. The molecule has 1 fully saturated rings. The molecule has 0 N–H and O–H groups in total. The van der Waals surface area contributed by atoms with E-state index >= 15 is 0 Å². The molecule has 1 saturated carbocycles. The highest BCUT2D eigenvalue weighted by Gasteiger charge is 2.34. The monoisotopic (exact) mass is 182 g/mol. The Morgan fingerprint density at radius 3 is 2.46 bits per heavy atom. The van der Waals surface area contributed by atoms with E-state index in [-0.39, 0.29) is 0 Å².